The molecule has 0 radical (unpaired) electrons. The van der Waals surface area contributed by atoms with Crippen LogP contribution < -0.4 is 16.0 Å². The molecule has 1 aromatic carbocycles. The third-order valence-corrected chi connectivity index (χ3v) is 5.09. The highest BCUT2D eigenvalue weighted by Crippen LogP contribution is 2.20. The predicted octanol–water partition coefficient (Wildman–Crippen LogP) is 3.49. The van der Waals surface area contributed by atoms with Crippen LogP contribution in [0.4, 0.5) is 17.5 Å². The zero-order valence-corrected chi connectivity index (χ0v) is 18.5. The van der Waals surface area contributed by atoms with Crippen molar-refractivity contribution < 1.29 is 4.79 Å². The number of nitrogens with zero attached hydrogens (tertiary/aromatic N) is 4. The van der Waals surface area contributed by atoms with E-state index in [0.717, 1.165) is 27.8 Å². The van der Waals surface area contributed by atoms with Gasteiger partial charge in [0.1, 0.15) is 23.3 Å². The number of amides is 1. The molecule has 0 aliphatic carbocycles. The fraction of sp³-hybridized carbons (Fsp3) is 0.250. The minimum atomic E-state index is -0.00472. The van der Waals surface area contributed by atoms with Gasteiger partial charge in [0.15, 0.2) is 0 Å². The Morgan fingerprint density at radius 1 is 1.00 bits per heavy atom. The molecule has 0 fully saturated rings. The molecule has 0 spiro atoms. The van der Waals surface area contributed by atoms with E-state index in [-0.39, 0.29) is 5.91 Å². The molecule has 0 aliphatic heterocycles. The Labute approximate surface area is 187 Å². The van der Waals surface area contributed by atoms with Gasteiger partial charge in [0.05, 0.1) is 6.42 Å². The van der Waals surface area contributed by atoms with E-state index >= 15 is 0 Å². The Balaban J connectivity index is 1.29. The molecule has 3 aromatic heterocycles. The number of aromatic nitrogens is 4. The van der Waals surface area contributed by atoms with Crippen LogP contribution in [-0.2, 0) is 18.3 Å². The lowest BCUT2D eigenvalue weighted by Gasteiger charge is -2.11. The minimum Gasteiger partial charge on any atom is -0.368 e. The molecule has 1 amide bonds. The molecule has 0 saturated heterocycles. The monoisotopic (exact) mass is 429 g/mol. The average molecular weight is 430 g/mol. The summed E-state index contributed by atoms with van der Waals surface area (Å²) in [5, 5.41) is 10.5. The van der Waals surface area contributed by atoms with Crippen LogP contribution in [-0.4, -0.2) is 38.5 Å². The molecule has 3 heterocycles. The predicted molar refractivity (Wildman–Crippen MR) is 127 cm³/mol. The Bertz CT molecular complexity index is 1250. The smallest absolute Gasteiger partial charge is 0.224 e. The number of carbonyl (C=O) groups excluding carboxylic acids is 1. The van der Waals surface area contributed by atoms with Crippen LogP contribution >= 0.6 is 0 Å². The van der Waals surface area contributed by atoms with Crippen LogP contribution in [0.3, 0.4) is 0 Å². The van der Waals surface area contributed by atoms with Gasteiger partial charge in [-0.3, -0.25) is 4.79 Å². The highest BCUT2D eigenvalue weighted by Gasteiger charge is 2.10. The third kappa shape index (κ3) is 5.21. The summed E-state index contributed by atoms with van der Waals surface area (Å²) in [4.78, 5) is 25.6. The van der Waals surface area contributed by atoms with Crippen LogP contribution in [0, 0.1) is 13.8 Å². The number of nitrogens with one attached hydrogen (secondary N) is 3. The van der Waals surface area contributed by atoms with E-state index < -0.39 is 0 Å². The molecule has 164 valence electrons. The van der Waals surface area contributed by atoms with E-state index in [1.54, 1.807) is 6.20 Å². The summed E-state index contributed by atoms with van der Waals surface area (Å²) in [5.41, 5.74) is 3.27. The zero-order chi connectivity index (χ0) is 22.5. The number of carbonyl (C=O) groups is 1. The quantitative estimate of drug-likeness (QED) is 0.371. The highest BCUT2D eigenvalue weighted by atomic mass is 16.1. The van der Waals surface area contributed by atoms with Crippen molar-refractivity contribution in [2.24, 2.45) is 7.05 Å². The number of aryl methyl sites for hydroxylation is 3. The maximum Gasteiger partial charge on any atom is 0.224 e. The second-order valence-electron chi connectivity index (χ2n) is 7.76. The van der Waals surface area contributed by atoms with Gasteiger partial charge in [-0.15, -0.1) is 0 Å². The van der Waals surface area contributed by atoms with Gasteiger partial charge in [0, 0.05) is 49.5 Å². The molecule has 0 unspecified atom stereocenters. The van der Waals surface area contributed by atoms with E-state index in [2.05, 4.69) is 47.6 Å². The number of fused-ring (bicyclic) bond motifs is 1. The van der Waals surface area contributed by atoms with Crippen molar-refractivity contribution in [2.75, 3.05) is 23.7 Å². The molecule has 8 heteroatoms. The molecular weight excluding hydrogens is 402 g/mol. The first-order valence-electron chi connectivity index (χ1n) is 10.6. The number of benzene rings is 1. The van der Waals surface area contributed by atoms with E-state index in [9.17, 15) is 4.79 Å². The van der Waals surface area contributed by atoms with Crippen molar-refractivity contribution in [3.8, 4) is 0 Å². The first-order chi connectivity index (χ1) is 15.5. The van der Waals surface area contributed by atoms with E-state index in [0.29, 0.717) is 37.0 Å². The molecule has 3 N–H and O–H groups in total. The molecule has 0 saturated carbocycles. The van der Waals surface area contributed by atoms with Gasteiger partial charge in [0.2, 0.25) is 5.91 Å². The third-order valence-electron chi connectivity index (χ3n) is 5.09. The van der Waals surface area contributed by atoms with E-state index in [4.69, 9.17) is 0 Å². The van der Waals surface area contributed by atoms with Crippen molar-refractivity contribution in [2.45, 2.75) is 20.3 Å². The minimum absolute atomic E-state index is 0.00472. The fourth-order valence-electron chi connectivity index (χ4n) is 3.65. The Morgan fingerprint density at radius 3 is 2.66 bits per heavy atom. The number of anilines is 3. The number of rotatable bonds is 8. The molecule has 4 aromatic rings. The number of para-hydroxylation sites is 1. The summed E-state index contributed by atoms with van der Waals surface area (Å²) in [5.74, 6) is 2.73. The molecule has 8 nitrogen and oxygen atoms in total. The number of pyridine rings is 1. The normalized spacial score (nSPS) is 10.8. The zero-order valence-electron chi connectivity index (χ0n) is 18.5. The van der Waals surface area contributed by atoms with Crippen molar-refractivity contribution in [3.05, 3.63) is 71.8 Å². The van der Waals surface area contributed by atoms with Crippen molar-refractivity contribution in [3.63, 3.8) is 0 Å². The maximum atomic E-state index is 12.4. The van der Waals surface area contributed by atoms with E-state index in [1.165, 1.54) is 0 Å². The largest absolute Gasteiger partial charge is 0.368 e. The van der Waals surface area contributed by atoms with Crippen LogP contribution in [0.2, 0.25) is 0 Å². The van der Waals surface area contributed by atoms with E-state index in [1.807, 2.05) is 57.4 Å². The molecule has 32 heavy (non-hydrogen) atoms. The Hall–Kier alpha value is -3.94. The second kappa shape index (κ2) is 9.47. The topological polar surface area (TPSA) is 96.8 Å². The fourth-order valence-corrected chi connectivity index (χ4v) is 3.65. The number of hydrogen-bond donors (Lipinski definition) is 3. The van der Waals surface area contributed by atoms with Crippen molar-refractivity contribution in [1.29, 1.82) is 0 Å². The lowest BCUT2D eigenvalue weighted by atomic mass is 10.1. The average Bonchev–Trinajstić information content (AvgIpc) is 3.06. The molecule has 0 aliphatic rings. The van der Waals surface area contributed by atoms with Gasteiger partial charge in [-0.2, -0.15) is 0 Å². The Kier molecular flexibility index (Phi) is 6.30. The molecule has 0 atom stereocenters. The standard InChI is InChI=1S/C24H27N7O/c1-16-8-9-25-21(12-16)30-23-14-22(28-17(2)29-23)26-10-11-27-24(32)13-18-15-31(3)20-7-5-4-6-19(18)20/h4-9,12,14-15H,10-11,13H2,1-3H3,(H,27,32)(H2,25,26,28,29,30). The summed E-state index contributed by atoms with van der Waals surface area (Å²) in [6.45, 7) is 4.90. The van der Waals surface area contributed by atoms with Gasteiger partial charge < -0.3 is 20.5 Å². The summed E-state index contributed by atoms with van der Waals surface area (Å²) in [7, 11) is 2.00. The lowest BCUT2D eigenvalue weighted by Crippen LogP contribution is -2.30. The Morgan fingerprint density at radius 2 is 1.81 bits per heavy atom. The first-order valence-corrected chi connectivity index (χ1v) is 10.6. The van der Waals surface area contributed by atoms with Crippen molar-refractivity contribution >= 4 is 34.3 Å². The van der Waals surface area contributed by atoms with Gasteiger partial charge in [-0.25, -0.2) is 15.0 Å². The van der Waals surface area contributed by atoms with Gasteiger partial charge in [-0.1, -0.05) is 18.2 Å². The molecular formula is C24H27N7O. The molecule has 0 bridgehead atoms. The maximum absolute atomic E-state index is 12.4. The van der Waals surface area contributed by atoms with Crippen LogP contribution in [0.25, 0.3) is 10.9 Å². The van der Waals surface area contributed by atoms with Crippen LogP contribution in [0.5, 0.6) is 0 Å². The lowest BCUT2D eigenvalue weighted by molar-refractivity contribution is -0.120. The van der Waals surface area contributed by atoms with Gasteiger partial charge in [0.25, 0.3) is 0 Å². The number of hydrogen-bond acceptors (Lipinski definition) is 6. The second-order valence-corrected chi connectivity index (χ2v) is 7.76. The summed E-state index contributed by atoms with van der Waals surface area (Å²) >= 11 is 0. The molecule has 4 rings (SSSR count). The van der Waals surface area contributed by atoms with Crippen molar-refractivity contribution in [1.82, 2.24) is 24.8 Å². The summed E-state index contributed by atoms with van der Waals surface area (Å²) in [6.07, 6.45) is 4.13. The highest BCUT2D eigenvalue weighted by molar-refractivity contribution is 5.89. The van der Waals surface area contributed by atoms with Gasteiger partial charge >= 0.3 is 0 Å². The van der Waals surface area contributed by atoms with Gasteiger partial charge in [-0.05, 0) is 43.2 Å². The van der Waals surface area contributed by atoms with Crippen LogP contribution in [0.1, 0.15) is 17.0 Å². The van der Waals surface area contributed by atoms with Crippen LogP contribution in [0.15, 0.2) is 54.9 Å². The SMILES string of the molecule is Cc1ccnc(Nc2cc(NCCNC(=O)Cc3cn(C)c4ccccc34)nc(C)n2)c1. The summed E-state index contributed by atoms with van der Waals surface area (Å²) < 4.78 is 2.05. The first kappa shape index (κ1) is 21.3. The summed E-state index contributed by atoms with van der Waals surface area (Å²) in [6, 6.07) is 13.8.